The van der Waals surface area contributed by atoms with Crippen molar-refractivity contribution in [1.29, 1.82) is 0 Å². The molecule has 7 heteroatoms. The van der Waals surface area contributed by atoms with E-state index >= 15 is 0 Å². The van der Waals surface area contributed by atoms with Crippen molar-refractivity contribution in [3.63, 3.8) is 0 Å². The van der Waals surface area contributed by atoms with E-state index < -0.39 is 0 Å². The average molecular weight is 413 g/mol. The average Bonchev–Trinajstić information content (AvgIpc) is 3.15. The lowest BCUT2D eigenvalue weighted by molar-refractivity contribution is -0.149. The van der Waals surface area contributed by atoms with Gasteiger partial charge in [0.25, 0.3) is 0 Å². The third-order valence-corrected chi connectivity index (χ3v) is 6.60. The largest absolute Gasteiger partial charge is 0.375 e. The Bertz CT molecular complexity index is 866. The van der Waals surface area contributed by atoms with Gasteiger partial charge in [-0.05, 0) is 43.7 Å². The summed E-state index contributed by atoms with van der Waals surface area (Å²) in [6.07, 6.45) is 5.27. The summed E-state index contributed by atoms with van der Waals surface area (Å²) >= 11 is 0. The first-order chi connectivity index (χ1) is 14.4. The van der Waals surface area contributed by atoms with E-state index in [1.807, 2.05) is 43.3 Å². The van der Waals surface area contributed by atoms with Crippen LogP contribution in [0.4, 0.5) is 0 Å². The van der Waals surface area contributed by atoms with Crippen LogP contribution in [0.3, 0.4) is 0 Å². The van der Waals surface area contributed by atoms with Crippen LogP contribution in [-0.2, 0) is 20.7 Å². The first-order valence-corrected chi connectivity index (χ1v) is 11.0. The number of nitrogens with one attached hydrogen (secondary N) is 1. The number of imidazole rings is 1. The van der Waals surface area contributed by atoms with E-state index in [1.165, 1.54) is 0 Å². The minimum atomic E-state index is -0.162. The third-order valence-electron chi connectivity index (χ3n) is 6.60. The van der Waals surface area contributed by atoms with E-state index in [0.29, 0.717) is 31.8 Å². The Hall–Kier alpha value is -2.41. The van der Waals surface area contributed by atoms with Crippen molar-refractivity contribution in [3.8, 4) is 0 Å². The number of hydrogen-bond acceptors (Lipinski definition) is 4. The van der Waals surface area contributed by atoms with Crippen LogP contribution in [0.25, 0.3) is 11.0 Å². The molecular weight excluding hydrogens is 380 g/mol. The van der Waals surface area contributed by atoms with Crippen LogP contribution < -0.4 is 0 Å². The summed E-state index contributed by atoms with van der Waals surface area (Å²) in [5.41, 5.74) is 1.79. The Morgan fingerprint density at radius 3 is 2.77 bits per heavy atom. The van der Waals surface area contributed by atoms with Gasteiger partial charge >= 0.3 is 0 Å². The predicted octanol–water partition coefficient (Wildman–Crippen LogP) is 2.76. The monoisotopic (exact) mass is 412 g/mol. The summed E-state index contributed by atoms with van der Waals surface area (Å²) < 4.78 is 6.19. The normalized spacial score (nSPS) is 21.1. The number of likely N-dealkylation sites (tertiary alicyclic amines) is 1. The fraction of sp³-hybridized carbons (Fsp3) is 0.609. The standard InChI is InChI=1S/C23H32N4O3/c1-26(2)22(29)15-17-9-14-30-23(16-17)10-12-27(13-11-23)21(28)8-7-20-24-18-5-3-4-6-19(18)25-20/h3-6,17H,7-16H2,1-2H3,(H,24,25). The molecule has 1 aromatic carbocycles. The maximum atomic E-state index is 12.7. The van der Waals surface area contributed by atoms with Crippen molar-refractivity contribution in [3.05, 3.63) is 30.1 Å². The van der Waals surface area contributed by atoms with E-state index in [-0.39, 0.29) is 17.4 Å². The second-order valence-electron chi connectivity index (χ2n) is 8.96. The molecule has 2 aromatic rings. The van der Waals surface area contributed by atoms with Crippen LogP contribution in [0.1, 0.15) is 44.3 Å². The number of benzene rings is 1. The molecule has 1 N–H and O–H groups in total. The van der Waals surface area contributed by atoms with E-state index in [9.17, 15) is 9.59 Å². The summed E-state index contributed by atoms with van der Waals surface area (Å²) in [5.74, 6) is 1.61. The number of aromatic amines is 1. The van der Waals surface area contributed by atoms with Gasteiger partial charge in [0.2, 0.25) is 11.8 Å². The lowest BCUT2D eigenvalue weighted by Gasteiger charge is -2.46. The molecule has 162 valence electrons. The highest BCUT2D eigenvalue weighted by Crippen LogP contribution is 2.39. The molecule has 1 spiro atoms. The number of fused-ring (bicyclic) bond motifs is 1. The molecule has 2 fully saturated rings. The van der Waals surface area contributed by atoms with E-state index in [1.54, 1.807) is 4.90 Å². The number of nitrogens with zero attached hydrogens (tertiary/aromatic N) is 3. The second kappa shape index (κ2) is 8.76. The summed E-state index contributed by atoms with van der Waals surface area (Å²) in [5, 5.41) is 0. The van der Waals surface area contributed by atoms with Gasteiger partial charge in [-0.25, -0.2) is 4.98 Å². The highest BCUT2D eigenvalue weighted by Gasteiger charge is 2.41. The van der Waals surface area contributed by atoms with Crippen molar-refractivity contribution in [2.45, 2.75) is 50.5 Å². The minimum Gasteiger partial charge on any atom is -0.375 e. The van der Waals surface area contributed by atoms with Gasteiger partial charge in [0.05, 0.1) is 16.6 Å². The zero-order valence-corrected chi connectivity index (χ0v) is 18.0. The van der Waals surface area contributed by atoms with E-state index in [2.05, 4.69) is 9.97 Å². The highest BCUT2D eigenvalue weighted by molar-refractivity contribution is 5.77. The molecular formula is C23H32N4O3. The molecule has 0 aliphatic carbocycles. The SMILES string of the molecule is CN(C)C(=O)CC1CCOC2(CCN(C(=O)CCc3nc4ccccc4[nH]3)CC2)C1. The number of carbonyl (C=O) groups excluding carboxylic acids is 2. The molecule has 30 heavy (non-hydrogen) atoms. The van der Waals surface area contributed by atoms with Gasteiger partial charge in [0.1, 0.15) is 5.82 Å². The zero-order chi connectivity index (χ0) is 21.1. The number of aromatic nitrogens is 2. The number of amides is 2. The zero-order valence-electron chi connectivity index (χ0n) is 18.0. The van der Waals surface area contributed by atoms with Crippen molar-refractivity contribution in [2.75, 3.05) is 33.8 Å². The van der Waals surface area contributed by atoms with Gasteiger partial charge in [-0.1, -0.05) is 12.1 Å². The van der Waals surface area contributed by atoms with Crippen LogP contribution in [-0.4, -0.2) is 71.0 Å². The van der Waals surface area contributed by atoms with Gasteiger partial charge in [-0.2, -0.15) is 0 Å². The van der Waals surface area contributed by atoms with Crippen molar-refractivity contribution in [1.82, 2.24) is 19.8 Å². The molecule has 4 rings (SSSR count). The summed E-state index contributed by atoms with van der Waals surface area (Å²) in [6.45, 7) is 2.17. The topological polar surface area (TPSA) is 78.5 Å². The Morgan fingerprint density at radius 1 is 1.27 bits per heavy atom. The number of aryl methyl sites for hydroxylation is 1. The summed E-state index contributed by atoms with van der Waals surface area (Å²) in [6, 6.07) is 7.93. The van der Waals surface area contributed by atoms with Crippen molar-refractivity contribution in [2.24, 2.45) is 5.92 Å². The molecule has 7 nitrogen and oxygen atoms in total. The molecule has 0 radical (unpaired) electrons. The lowest BCUT2D eigenvalue weighted by Crippen LogP contribution is -2.51. The molecule has 1 unspecified atom stereocenters. The Morgan fingerprint density at radius 2 is 2.03 bits per heavy atom. The number of hydrogen-bond donors (Lipinski definition) is 1. The molecule has 1 aromatic heterocycles. The van der Waals surface area contributed by atoms with Crippen molar-refractivity contribution < 1.29 is 14.3 Å². The smallest absolute Gasteiger partial charge is 0.223 e. The van der Waals surface area contributed by atoms with Gasteiger partial charge in [-0.15, -0.1) is 0 Å². The molecule has 1 atom stereocenters. The Balaban J connectivity index is 1.27. The molecule has 2 amide bonds. The maximum Gasteiger partial charge on any atom is 0.223 e. The maximum absolute atomic E-state index is 12.7. The third kappa shape index (κ3) is 4.67. The van der Waals surface area contributed by atoms with Gasteiger partial charge in [0.15, 0.2) is 0 Å². The van der Waals surface area contributed by atoms with E-state index in [0.717, 1.165) is 55.6 Å². The molecule has 2 saturated heterocycles. The Labute approximate surface area is 177 Å². The number of para-hydroxylation sites is 2. The summed E-state index contributed by atoms with van der Waals surface area (Å²) in [4.78, 5) is 36.3. The molecule has 2 aliphatic heterocycles. The predicted molar refractivity (Wildman–Crippen MR) is 115 cm³/mol. The van der Waals surface area contributed by atoms with E-state index in [4.69, 9.17) is 4.74 Å². The minimum absolute atomic E-state index is 0.162. The van der Waals surface area contributed by atoms with Crippen molar-refractivity contribution >= 4 is 22.8 Å². The van der Waals surface area contributed by atoms with Crippen LogP contribution in [0.2, 0.25) is 0 Å². The number of ether oxygens (including phenoxy) is 1. The first kappa shape index (κ1) is 20.8. The number of rotatable bonds is 5. The van der Waals surface area contributed by atoms with Gasteiger partial charge < -0.3 is 19.5 Å². The highest BCUT2D eigenvalue weighted by atomic mass is 16.5. The Kier molecular flexibility index (Phi) is 6.09. The fourth-order valence-corrected chi connectivity index (χ4v) is 4.75. The lowest BCUT2D eigenvalue weighted by atomic mass is 9.78. The second-order valence-corrected chi connectivity index (χ2v) is 8.96. The van der Waals surface area contributed by atoms with Crippen LogP contribution in [0.15, 0.2) is 24.3 Å². The summed E-state index contributed by atoms with van der Waals surface area (Å²) in [7, 11) is 3.62. The van der Waals surface area contributed by atoms with Gasteiger partial charge in [0, 0.05) is 53.1 Å². The molecule has 0 saturated carbocycles. The van der Waals surface area contributed by atoms with Crippen LogP contribution in [0, 0.1) is 5.92 Å². The number of H-pyrrole nitrogens is 1. The first-order valence-electron chi connectivity index (χ1n) is 11.0. The number of carbonyl (C=O) groups is 2. The van der Waals surface area contributed by atoms with Crippen LogP contribution in [0.5, 0.6) is 0 Å². The van der Waals surface area contributed by atoms with Crippen LogP contribution >= 0.6 is 0 Å². The number of piperidine rings is 1. The molecule has 2 aliphatic rings. The molecule has 0 bridgehead atoms. The quantitative estimate of drug-likeness (QED) is 0.819. The fourth-order valence-electron chi connectivity index (χ4n) is 4.75. The van der Waals surface area contributed by atoms with Gasteiger partial charge in [-0.3, -0.25) is 9.59 Å². The molecule has 3 heterocycles.